The van der Waals surface area contributed by atoms with Crippen molar-refractivity contribution in [2.75, 3.05) is 56.0 Å². The SMILES string of the molecule is Cc1ccc(N2CCN(C(=O)CCN3CCC(Nc4ccc([N+](=O)[O-])c(C(F)(F)F)c4)CC3)CC2)cc1. The van der Waals surface area contributed by atoms with E-state index < -0.39 is 22.4 Å². The maximum absolute atomic E-state index is 13.2. The van der Waals surface area contributed by atoms with Crippen LogP contribution in [0, 0.1) is 17.0 Å². The number of aryl methyl sites for hydroxylation is 1. The summed E-state index contributed by atoms with van der Waals surface area (Å²) in [6, 6.07) is 11.4. The number of piperazine rings is 1. The fourth-order valence-electron chi connectivity index (χ4n) is 4.93. The molecule has 0 radical (unpaired) electrons. The minimum Gasteiger partial charge on any atom is -0.382 e. The van der Waals surface area contributed by atoms with Gasteiger partial charge in [-0.05, 0) is 44.0 Å². The number of alkyl halides is 3. The zero-order chi connectivity index (χ0) is 26.6. The maximum atomic E-state index is 13.2. The van der Waals surface area contributed by atoms with Gasteiger partial charge in [0.15, 0.2) is 0 Å². The molecular formula is C26H32F3N5O3. The van der Waals surface area contributed by atoms with Crippen molar-refractivity contribution in [2.24, 2.45) is 0 Å². The summed E-state index contributed by atoms with van der Waals surface area (Å²) in [6.07, 6.45) is -2.94. The summed E-state index contributed by atoms with van der Waals surface area (Å²) in [5, 5.41) is 14.0. The summed E-state index contributed by atoms with van der Waals surface area (Å²) in [5.74, 6) is 0.148. The molecule has 1 N–H and O–H groups in total. The van der Waals surface area contributed by atoms with E-state index in [9.17, 15) is 28.1 Å². The molecule has 2 aromatic carbocycles. The lowest BCUT2D eigenvalue weighted by atomic mass is 10.0. The molecule has 0 aromatic heterocycles. The van der Waals surface area contributed by atoms with Crippen LogP contribution in [-0.4, -0.2) is 72.5 Å². The van der Waals surface area contributed by atoms with Crippen LogP contribution in [-0.2, 0) is 11.0 Å². The Kier molecular flexibility index (Phi) is 8.21. The Morgan fingerprint density at radius 2 is 1.68 bits per heavy atom. The molecule has 200 valence electrons. The molecule has 2 fully saturated rings. The molecule has 0 aliphatic carbocycles. The maximum Gasteiger partial charge on any atom is 0.423 e. The molecule has 0 unspecified atom stereocenters. The van der Waals surface area contributed by atoms with Gasteiger partial charge >= 0.3 is 6.18 Å². The van der Waals surface area contributed by atoms with Crippen LogP contribution in [0.25, 0.3) is 0 Å². The molecule has 37 heavy (non-hydrogen) atoms. The van der Waals surface area contributed by atoms with Crippen molar-refractivity contribution in [3.8, 4) is 0 Å². The highest BCUT2D eigenvalue weighted by Gasteiger charge is 2.38. The van der Waals surface area contributed by atoms with E-state index in [1.807, 2.05) is 4.90 Å². The Hall–Kier alpha value is -3.34. The van der Waals surface area contributed by atoms with Gasteiger partial charge in [-0.15, -0.1) is 0 Å². The van der Waals surface area contributed by atoms with Gasteiger partial charge in [0.05, 0.1) is 4.92 Å². The van der Waals surface area contributed by atoms with Gasteiger partial charge in [0, 0.05) is 75.7 Å². The van der Waals surface area contributed by atoms with Gasteiger partial charge in [0.1, 0.15) is 5.56 Å². The standard InChI is InChI=1S/C26H32F3N5O3/c1-19-2-5-22(6-3-19)32-14-16-33(17-15-32)25(35)10-13-31-11-8-20(9-12-31)30-21-4-7-24(34(36)37)23(18-21)26(27,28)29/h2-7,18,20,30H,8-17H2,1H3. The number of nitrogens with one attached hydrogen (secondary N) is 1. The van der Waals surface area contributed by atoms with Crippen LogP contribution >= 0.6 is 0 Å². The predicted octanol–water partition coefficient (Wildman–Crippen LogP) is 4.54. The van der Waals surface area contributed by atoms with Gasteiger partial charge in [-0.1, -0.05) is 17.7 Å². The van der Waals surface area contributed by atoms with E-state index in [1.165, 1.54) is 17.3 Å². The number of hydrogen-bond acceptors (Lipinski definition) is 6. The van der Waals surface area contributed by atoms with Gasteiger partial charge in [0.2, 0.25) is 5.91 Å². The van der Waals surface area contributed by atoms with Crippen LogP contribution in [0.3, 0.4) is 0 Å². The Morgan fingerprint density at radius 1 is 1.03 bits per heavy atom. The van der Waals surface area contributed by atoms with Gasteiger partial charge in [-0.3, -0.25) is 14.9 Å². The normalized spacial score (nSPS) is 17.6. The number of benzene rings is 2. The van der Waals surface area contributed by atoms with Gasteiger partial charge in [0.25, 0.3) is 5.69 Å². The second-order valence-corrected chi connectivity index (χ2v) is 9.70. The van der Waals surface area contributed by atoms with Crippen molar-refractivity contribution in [1.29, 1.82) is 0 Å². The molecule has 0 bridgehead atoms. The minimum atomic E-state index is -4.80. The van der Waals surface area contributed by atoms with E-state index in [-0.39, 0.29) is 17.6 Å². The Labute approximate surface area is 214 Å². The fourth-order valence-corrected chi connectivity index (χ4v) is 4.93. The first kappa shape index (κ1) is 26.7. The highest BCUT2D eigenvalue weighted by atomic mass is 19.4. The number of nitrogens with zero attached hydrogens (tertiary/aromatic N) is 4. The number of piperidine rings is 1. The molecule has 2 saturated heterocycles. The lowest BCUT2D eigenvalue weighted by molar-refractivity contribution is -0.388. The summed E-state index contributed by atoms with van der Waals surface area (Å²) in [5.41, 5.74) is 0.417. The third-order valence-electron chi connectivity index (χ3n) is 7.13. The average molecular weight is 520 g/mol. The summed E-state index contributed by atoms with van der Waals surface area (Å²) < 4.78 is 39.7. The van der Waals surface area contributed by atoms with E-state index in [2.05, 4.69) is 46.3 Å². The Morgan fingerprint density at radius 3 is 2.27 bits per heavy atom. The van der Waals surface area contributed by atoms with Crippen LogP contribution in [0.4, 0.5) is 30.2 Å². The lowest BCUT2D eigenvalue weighted by Gasteiger charge is -2.37. The number of anilines is 2. The van der Waals surface area contributed by atoms with Crippen LogP contribution < -0.4 is 10.2 Å². The molecule has 1 amide bonds. The number of amides is 1. The quantitative estimate of drug-likeness (QED) is 0.428. The number of likely N-dealkylation sites (tertiary alicyclic amines) is 1. The molecule has 2 aliphatic rings. The third-order valence-corrected chi connectivity index (χ3v) is 7.13. The highest BCUT2D eigenvalue weighted by molar-refractivity contribution is 5.76. The van der Waals surface area contributed by atoms with Crippen molar-refractivity contribution in [1.82, 2.24) is 9.80 Å². The molecule has 2 aromatic rings. The summed E-state index contributed by atoms with van der Waals surface area (Å²) in [7, 11) is 0. The number of nitro groups is 1. The molecule has 0 spiro atoms. The molecule has 2 heterocycles. The first-order chi connectivity index (χ1) is 17.6. The number of carbonyl (C=O) groups is 1. The zero-order valence-electron chi connectivity index (χ0n) is 20.8. The van der Waals surface area contributed by atoms with E-state index >= 15 is 0 Å². The predicted molar refractivity (Wildman–Crippen MR) is 136 cm³/mol. The summed E-state index contributed by atoms with van der Waals surface area (Å²) >= 11 is 0. The monoisotopic (exact) mass is 519 g/mol. The lowest BCUT2D eigenvalue weighted by Crippen LogP contribution is -2.49. The average Bonchev–Trinajstić information content (AvgIpc) is 2.88. The van der Waals surface area contributed by atoms with E-state index in [0.717, 1.165) is 38.3 Å². The second kappa shape index (κ2) is 11.4. The van der Waals surface area contributed by atoms with Gasteiger partial charge in [-0.25, -0.2) is 0 Å². The smallest absolute Gasteiger partial charge is 0.382 e. The molecule has 0 atom stereocenters. The molecule has 2 aliphatic heterocycles. The fraction of sp³-hybridized carbons (Fsp3) is 0.500. The number of nitro benzene ring substituents is 1. The molecule has 11 heteroatoms. The number of halogens is 3. The zero-order valence-corrected chi connectivity index (χ0v) is 20.8. The molecule has 4 rings (SSSR count). The minimum absolute atomic E-state index is 0.0376. The van der Waals surface area contributed by atoms with E-state index in [4.69, 9.17) is 0 Å². The number of carbonyl (C=O) groups excluding carboxylic acids is 1. The largest absolute Gasteiger partial charge is 0.423 e. The van der Waals surface area contributed by atoms with Gasteiger partial charge < -0.3 is 20.0 Å². The van der Waals surface area contributed by atoms with Crippen LogP contribution in [0.2, 0.25) is 0 Å². The summed E-state index contributed by atoms with van der Waals surface area (Å²) in [6.45, 7) is 7.19. The Balaban J connectivity index is 1.20. The van der Waals surface area contributed by atoms with Crippen molar-refractivity contribution in [2.45, 2.75) is 38.4 Å². The summed E-state index contributed by atoms with van der Waals surface area (Å²) in [4.78, 5) is 29.1. The molecule has 0 saturated carbocycles. The molecular weight excluding hydrogens is 487 g/mol. The second-order valence-electron chi connectivity index (χ2n) is 9.70. The highest BCUT2D eigenvalue weighted by Crippen LogP contribution is 2.38. The van der Waals surface area contributed by atoms with Crippen molar-refractivity contribution in [3.63, 3.8) is 0 Å². The van der Waals surface area contributed by atoms with Crippen molar-refractivity contribution < 1.29 is 22.9 Å². The van der Waals surface area contributed by atoms with Crippen molar-refractivity contribution in [3.05, 3.63) is 63.7 Å². The van der Waals surface area contributed by atoms with Gasteiger partial charge in [-0.2, -0.15) is 13.2 Å². The number of hydrogen-bond donors (Lipinski definition) is 1. The van der Waals surface area contributed by atoms with E-state index in [0.29, 0.717) is 38.9 Å². The topological polar surface area (TPSA) is 82.0 Å². The first-order valence-electron chi connectivity index (χ1n) is 12.5. The Bertz CT molecular complexity index is 1090. The molecule has 8 nitrogen and oxygen atoms in total. The van der Waals surface area contributed by atoms with Crippen LogP contribution in [0.1, 0.15) is 30.4 Å². The number of rotatable bonds is 7. The first-order valence-corrected chi connectivity index (χ1v) is 12.5. The van der Waals surface area contributed by atoms with Crippen molar-refractivity contribution >= 4 is 23.0 Å². The third kappa shape index (κ3) is 6.91. The van der Waals surface area contributed by atoms with E-state index in [1.54, 1.807) is 0 Å². The van der Waals surface area contributed by atoms with Crippen LogP contribution in [0.15, 0.2) is 42.5 Å². The van der Waals surface area contributed by atoms with Crippen LogP contribution in [0.5, 0.6) is 0 Å².